The Morgan fingerprint density at radius 3 is 2.65 bits per heavy atom. The first-order chi connectivity index (χ1) is 11.0. The largest absolute Gasteiger partial charge is 0.359 e. The van der Waals surface area contributed by atoms with Crippen molar-refractivity contribution < 1.29 is 0 Å². The molecule has 0 bridgehead atoms. The quantitative estimate of drug-likeness (QED) is 0.503. The van der Waals surface area contributed by atoms with E-state index in [0.29, 0.717) is 5.11 Å². The van der Waals surface area contributed by atoms with E-state index in [-0.39, 0.29) is 6.04 Å². The molecule has 5 nitrogen and oxygen atoms in total. The highest BCUT2D eigenvalue weighted by Gasteiger charge is 2.10. The van der Waals surface area contributed by atoms with Gasteiger partial charge in [0.15, 0.2) is 5.11 Å². The topological polar surface area (TPSA) is 54.2 Å². The molecule has 0 radical (unpaired) electrons. The third-order valence-electron chi connectivity index (χ3n) is 3.39. The molecule has 0 spiro atoms. The maximum Gasteiger partial charge on any atom is 0.187 e. The molecule has 0 aliphatic rings. The van der Waals surface area contributed by atoms with Crippen LogP contribution in [0.25, 0.3) is 0 Å². The number of nitrogens with one attached hydrogen (secondary N) is 2. The van der Waals surface area contributed by atoms with Crippen LogP contribution in [0.1, 0.15) is 36.4 Å². The molecule has 0 aliphatic heterocycles. The van der Waals surface area contributed by atoms with Crippen LogP contribution in [0.4, 0.5) is 0 Å². The minimum absolute atomic E-state index is 0.280. The summed E-state index contributed by atoms with van der Waals surface area (Å²) in [5.41, 5.74) is 7.10. The van der Waals surface area contributed by atoms with Gasteiger partial charge >= 0.3 is 0 Å². The summed E-state index contributed by atoms with van der Waals surface area (Å²) in [5.74, 6) is 0. The Morgan fingerprint density at radius 1 is 1.30 bits per heavy atom. The van der Waals surface area contributed by atoms with E-state index in [4.69, 9.17) is 12.2 Å². The zero-order valence-corrected chi connectivity index (χ0v) is 14.8. The van der Waals surface area contributed by atoms with Gasteiger partial charge < -0.3 is 5.32 Å². The van der Waals surface area contributed by atoms with Crippen molar-refractivity contribution >= 4 is 23.5 Å². The lowest BCUT2D eigenvalue weighted by Gasteiger charge is -2.09. The summed E-state index contributed by atoms with van der Waals surface area (Å²) >= 11 is 5.15. The average Bonchev–Trinajstić information content (AvgIpc) is 2.75. The van der Waals surface area contributed by atoms with Gasteiger partial charge in [0.05, 0.1) is 18.5 Å². The van der Waals surface area contributed by atoms with Crippen molar-refractivity contribution in [3.05, 3.63) is 52.8 Å². The van der Waals surface area contributed by atoms with Gasteiger partial charge in [-0.05, 0) is 45.5 Å². The summed E-state index contributed by atoms with van der Waals surface area (Å²) in [6.07, 6.45) is 1.77. The third-order valence-corrected chi connectivity index (χ3v) is 3.60. The summed E-state index contributed by atoms with van der Waals surface area (Å²) in [6.45, 7) is 8.84. The fourth-order valence-electron chi connectivity index (χ4n) is 2.26. The van der Waals surface area contributed by atoms with Gasteiger partial charge in [-0.25, -0.2) is 0 Å². The van der Waals surface area contributed by atoms with E-state index in [2.05, 4.69) is 40.0 Å². The monoisotopic (exact) mass is 329 g/mol. The molecule has 0 unspecified atom stereocenters. The second-order valence-electron chi connectivity index (χ2n) is 5.73. The van der Waals surface area contributed by atoms with Gasteiger partial charge in [0.1, 0.15) is 0 Å². The molecule has 0 aliphatic carbocycles. The van der Waals surface area contributed by atoms with Crippen LogP contribution in [0, 0.1) is 13.8 Å². The van der Waals surface area contributed by atoms with Gasteiger partial charge in [-0.3, -0.25) is 10.1 Å². The number of nitrogens with zero attached hydrogens (tertiary/aromatic N) is 3. The predicted molar refractivity (Wildman–Crippen MR) is 98.8 cm³/mol. The molecule has 2 rings (SSSR count). The van der Waals surface area contributed by atoms with Crippen LogP contribution in [0.3, 0.4) is 0 Å². The van der Waals surface area contributed by atoms with Crippen LogP contribution >= 0.6 is 12.2 Å². The van der Waals surface area contributed by atoms with Crippen molar-refractivity contribution in [1.82, 2.24) is 20.5 Å². The first-order valence-corrected chi connectivity index (χ1v) is 8.05. The molecule has 0 atom stereocenters. The summed E-state index contributed by atoms with van der Waals surface area (Å²) in [6, 6.07) is 10.6. The molecule has 0 amide bonds. The number of rotatable bonds is 5. The number of hydrogen-bond donors (Lipinski definition) is 2. The molecule has 0 saturated heterocycles. The molecular formula is C17H23N5S. The van der Waals surface area contributed by atoms with E-state index in [0.717, 1.165) is 23.5 Å². The Labute approximate surface area is 142 Å². The molecule has 122 valence electrons. The predicted octanol–water partition coefficient (Wildman–Crippen LogP) is 2.75. The Morgan fingerprint density at radius 2 is 2.00 bits per heavy atom. The average molecular weight is 329 g/mol. The van der Waals surface area contributed by atoms with Crippen molar-refractivity contribution in [2.75, 3.05) is 0 Å². The normalized spacial score (nSPS) is 11.2. The van der Waals surface area contributed by atoms with Crippen LogP contribution in [0.15, 0.2) is 35.4 Å². The van der Waals surface area contributed by atoms with Crippen molar-refractivity contribution in [3.63, 3.8) is 0 Å². The van der Waals surface area contributed by atoms with Crippen LogP contribution in [-0.2, 0) is 6.54 Å². The van der Waals surface area contributed by atoms with Gasteiger partial charge in [0.25, 0.3) is 0 Å². The van der Waals surface area contributed by atoms with Crippen LogP contribution in [0.5, 0.6) is 0 Å². The van der Waals surface area contributed by atoms with Gasteiger partial charge in [0.2, 0.25) is 0 Å². The van der Waals surface area contributed by atoms with Crippen molar-refractivity contribution in [1.29, 1.82) is 0 Å². The number of thiocarbonyl (C=S) groups is 1. The molecule has 6 heteroatoms. The molecule has 1 aromatic carbocycles. The van der Waals surface area contributed by atoms with Gasteiger partial charge in [0, 0.05) is 17.3 Å². The van der Waals surface area contributed by atoms with Crippen LogP contribution in [0.2, 0.25) is 0 Å². The molecule has 1 aromatic heterocycles. The van der Waals surface area contributed by atoms with Gasteiger partial charge in [-0.1, -0.05) is 30.3 Å². The van der Waals surface area contributed by atoms with Gasteiger partial charge in [-0.2, -0.15) is 10.2 Å². The zero-order chi connectivity index (χ0) is 16.8. The second-order valence-corrected chi connectivity index (χ2v) is 6.13. The summed E-state index contributed by atoms with van der Waals surface area (Å²) < 4.78 is 2.00. The van der Waals surface area contributed by atoms with E-state index >= 15 is 0 Å². The van der Waals surface area contributed by atoms with Crippen LogP contribution < -0.4 is 10.7 Å². The Kier molecular flexibility index (Phi) is 5.87. The number of aromatic nitrogens is 2. The van der Waals surface area contributed by atoms with E-state index in [1.165, 1.54) is 5.56 Å². The van der Waals surface area contributed by atoms with Crippen molar-refractivity contribution in [2.45, 2.75) is 40.3 Å². The van der Waals surface area contributed by atoms with Crippen molar-refractivity contribution in [2.24, 2.45) is 5.10 Å². The van der Waals surface area contributed by atoms with Crippen molar-refractivity contribution in [3.8, 4) is 0 Å². The number of benzene rings is 1. The van der Waals surface area contributed by atoms with E-state index in [9.17, 15) is 0 Å². The molecular weight excluding hydrogens is 306 g/mol. The minimum atomic E-state index is 0.280. The third kappa shape index (κ3) is 4.89. The van der Waals surface area contributed by atoms with Crippen LogP contribution in [-0.4, -0.2) is 27.1 Å². The smallest absolute Gasteiger partial charge is 0.187 e. The number of hydrogen-bond acceptors (Lipinski definition) is 3. The molecule has 0 fully saturated rings. The molecule has 0 saturated carbocycles. The standard InChI is InChI=1S/C17H23N5S/c1-12(2)19-17(23)20-18-10-16-13(3)21-22(14(16)4)11-15-8-6-5-7-9-15/h5-10,12H,11H2,1-4H3,(H2,19,20,23)/b18-10-. The first kappa shape index (κ1) is 17.1. The zero-order valence-electron chi connectivity index (χ0n) is 14.0. The number of aryl methyl sites for hydroxylation is 1. The fourth-order valence-corrected chi connectivity index (χ4v) is 2.55. The Bertz CT molecular complexity index is 689. The second kappa shape index (κ2) is 7.87. The maximum atomic E-state index is 5.15. The highest BCUT2D eigenvalue weighted by atomic mass is 32.1. The maximum absolute atomic E-state index is 5.15. The minimum Gasteiger partial charge on any atom is -0.359 e. The van der Waals surface area contributed by atoms with Gasteiger partial charge in [-0.15, -0.1) is 0 Å². The molecule has 1 heterocycles. The highest BCUT2D eigenvalue weighted by molar-refractivity contribution is 7.80. The van der Waals surface area contributed by atoms with E-state index in [1.807, 2.05) is 43.7 Å². The first-order valence-electron chi connectivity index (χ1n) is 7.65. The lowest BCUT2D eigenvalue weighted by Crippen LogP contribution is -2.36. The molecule has 2 aromatic rings. The SMILES string of the molecule is Cc1nn(Cc2ccccc2)c(C)c1/C=N\NC(=S)NC(C)C. The molecule has 2 N–H and O–H groups in total. The molecule has 23 heavy (non-hydrogen) atoms. The Hall–Kier alpha value is -2.21. The fraction of sp³-hybridized carbons (Fsp3) is 0.353. The summed E-state index contributed by atoms with van der Waals surface area (Å²) in [5, 5.41) is 12.4. The lowest BCUT2D eigenvalue weighted by atomic mass is 10.2. The Balaban J connectivity index is 2.07. The van der Waals surface area contributed by atoms with E-state index < -0.39 is 0 Å². The summed E-state index contributed by atoms with van der Waals surface area (Å²) in [7, 11) is 0. The highest BCUT2D eigenvalue weighted by Crippen LogP contribution is 2.12. The number of hydrazone groups is 1. The van der Waals surface area contributed by atoms with E-state index in [1.54, 1.807) is 6.21 Å². The lowest BCUT2D eigenvalue weighted by molar-refractivity contribution is 0.659. The summed E-state index contributed by atoms with van der Waals surface area (Å²) in [4.78, 5) is 0.